The third kappa shape index (κ3) is 4.76. The number of aryl methyl sites for hydroxylation is 2. The summed E-state index contributed by atoms with van der Waals surface area (Å²) in [6.45, 7) is 3.70. The molecule has 0 saturated heterocycles. The quantitative estimate of drug-likeness (QED) is 0.668. The number of carbonyl (C=O) groups is 2. The van der Waals surface area contributed by atoms with Crippen molar-refractivity contribution in [2.24, 2.45) is 0 Å². The van der Waals surface area contributed by atoms with Crippen molar-refractivity contribution in [2.75, 3.05) is 6.61 Å². The molecular formula is C23H22N2O3. The number of carbonyl (C=O) groups excluding carboxylic acids is 2. The Balaban J connectivity index is 1.56. The van der Waals surface area contributed by atoms with E-state index in [-0.39, 0.29) is 12.5 Å². The minimum atomic E-state index is -0.444. The standard InChI is InChI=1S/C23H22N2O3/c1-16-12-13-19(14-17(16)2)23(27)25-24-22(26)15-28-21-11-7-6-10-20(21)18-8-4-3-5-9-18/h3-14H,15H2,1-2H3,(H,24,26)(H,25,27). The van der Waals surface area contributed by atoms with E-state index in [4.69, 9.17) is 4.74 Å². The molecule has 0 aliphatic carbocycles. The first kappa shape index (κ1) is 19.2. The summed E-state index contributed by atoms with van der Waals surface area (Å²) in [7, 11) is 0. The third-order valence-corrected chi connectivity index (χ3v) is 4.42. The molecule has 0 aliphatic rings. The first-order chi connectivity index (χ1) is 13.5. The number of hydrogen-bond acceptors (Lipinski definition) is 3. The van der Waals surface area contributed by atoms with Gasteiger partial charge in [-0.05, 0) is 48.7 Å². The largest absolute Gasteiger partial charge is 0.483 e. The van der Waals surface area contributed by atoms with E-state index in [2.05, 4.69) is 10.9 Å². The Morgan fingerprint density at radius 1 is 0.821 bits per heavy atom. The summed E-state index contributed by atoms with van der Waals surface area (Å²) in [6, 6.07) is 22.7. The molecule has 0 heterocycles. The van der Waals surface area contributed by atoms with Crippen molar-refractivity contribution < 1.29 is 14.3 Å². The van der Waals surface area contributed by atoms with Gasteiger partial charge in [-0.2, -0.15) is 0 Å². The van der Waals surface area contributed by atoms with E-state index >= 15 is 0 Å². The molecule has 0 bridgehead atoms. The van der Waals surface area contributed by atoms with Crippen LogP contribution in [0.2, 0.25) is 0 Å². The zero-order valence-corrected chi connectivity index (χ0v) is 15.9. The Hall–Kier alpha value is -3.60. The Labute approximate surface area is 164 Å². The molecule has 0 fully saturated rings. The van der Waals surface area contributed by atoms with Gasteiger partial charge in [0.15, 0.2) is 6.61 Å². The summed E-state index contributed by atoms with van der Waals surface area (Å²) in [5.41, 5.74) is 9.29. The lowest BCUT2D eigenvalue weighted by atomic mass is 10.1. The fraction of sp³-hybridized carbons (Fsp3) is 0.130. The van der Waals surface area contributed by atoms with Gasteiger partial charge in [-0.1, -0.05) is 54.6 Å². The number of para-hydroxylation sites is 1. The predicted octanol–water partition coefficient (Wildman–Crippen LogP) is 3.81. The van der Waals surface area contributed by atoms with Crippen LogP contribution in [0.3, 0.4) is 0 Å². The van der Waals surface area contributed by atoms with E-state index in [0.29, 0.717) is 11.3 Å². The molecule has 2 amide bonds. The maximum Gasteiger partial charge on any atom is 0.276 e. The van der Waals surface area contributed by atoms with Gasteiger partial charge in [-0.15, -0.1) is 0 Å². The van der Waals surface area contributed by atoms with Crippen LogP contribution in [-0.2, 0) is 4.79 Å². The van der Waals surface area contributed by atoms with Crippen molar-refractivity contribution in [3.05, 3.63) is 89.5 Å². The lowest BCUT2D eigenvalue weighted by Crippen LogP contribution is -2.43. The molecule has 3 aromatic carbocycles. The molecule has 5 nitrogen and oxygen atoms in total. The van der Waals surface area contributed by atoms with Crippen LogP contribution in [-0.4, -0.2) is 18.4 Å². The van der Waals surface area contributed by atoms with E-state index in [1.165, 1.54) is 0 Å². The molecule has 142 valence electrons. The van der Waals surface area contributed by atoms with Crippen LogP contribution < -0.4 is 15.6 Å². The van der Waals surface area contributed by atoms with Crippen LogP contribution in [0.1, 0.15) is 21.5 Å². The minimum Gasteiger partial charge on any atom is -0.483 e. The van der Waals surface area contributed by atoms with Crippen molar-refractivity contribution in [1.82, 2.24) is 10.9 Å². The van der Waals surface area contributed by atoms with Crippen molar-refractivity contribution >= 4 is 11.8 Å². The van der Waals surface area contributed by atoms with Crippen LogP contribution in [0, 0.1) is 13.8 Å². The Kier molecular flexibility index (Phi) is 6.07. The number of amides is 2. The zero-order valence-electron chi connectivity index (χ0n) is 15.9. The average Bonchev–Trinajstić information content (AvgIpc) is 2.73. The van der Waals surface area contributed by atoms with Gasteiger partial charge in [-0.3, -0.25) is 20.4 Å². The van der Waals surface area contributed by atoms with Crippen LogP contribution in [0.15, 0.2) is 72.8 Å². The fourth-order valence-corrected chi connectivity index (χ4v) is 2.71. The van der Waals surface area contributed by atoms with Crippen LogP contribution in [0.5, 0.6) is 5.75 Å². The summed E-state index contributed by atoms with van der Waals surface area (Å²) in [4.78, 5) is 24.2. The molecule has 0 spiro atoms. The Bertz CT molecular complexity index is 984. The molecule has 0 radical (unpaired) electrons. The smallest absolute Gasteiger partial charge is 0.276 e. The predicted molar refractivity (Wildman–Crippen MR) is 109 cm³/mol. The second kappa shape index (κ2) is 8.86. The summed E-state index contributed by atoms with van der Waals surface area (Å²) in [5, 5.41) is 0. The normalized spacial score (nSPS) is 10.2. The van der Waals surface area contributed by atoms with E-state index in [0.717, 1.165) is 22.3 Å². The van der Waals surface area contributed by atoms with Crippen molar-refractivity contribution in [3.63, 3.8) is 0 Å². The molecule has 0 aromatic heterocycles. The minimum absolute atomic E-state index is 0.211. The first-order valence-electron chi connectivity index (χ1n) is 8.98. The number of rotatable bonds is 5. The summed E-state index contributed by atoms with van der Waals surface area (Å²) < 4.78 is 5.66. The molecule has 3 rings (SSSR count). The van der Waals surface area contributed by atoms with Crippen molar-refractivity contribution in [2.45, 2.75) is 13.8 Å². The van der Waals surface area contributed by atoms with Gasteiger partial charge in [-0.25, -0.2) is 0 Å². The van der Waals surface area contributed by atoms with E-state index in [9.17, 15) is 9.59 Å². The van der Waals surface area contributed by atoms with Crippen LogP contribution in [0.25, 0.3) is 11.1 Å². The highest BCUT2D eigenvalue weighted by molar-refractivity contribution is 5.95. The average molecular weight is 374 g/mol. The summed E-state index contributed by atoms with van der Waals surface area (Å²) in [5.74, 6) is -0.217. The molecular weight excluding hydrogens is 352 g/mol. The zero-order chi connectivity index (χ0) is 19.9. The van der Waals surface area contributed by atoms with E-state index < -0.39 is 5.91 Å². The molecule has 0 aliphatic heterocycles. The van der Waals surface area contributed by atoms with Crippen LogP contribution >= 0.6 is 0 Å². The SMILES string of the molecule is Cc1ccc(C(=O)NNC(=O)COc2ccccc2-c2ccccc2)cc1C. The second-order valence-corrected chi connectivity index (χ2v) is 6.45. The third-order valence-electron chi connectivity index (χ3n) is 4.42. The molecule has 5 heteroatoms. The number of hydrazine groups is 1. The molecule has 0 saturated carbocycles. The number of benzene rings is 3. The van der Waals surface area contributed by atoms with Gasteiger partial charge in [0.25, 0.3) is 11.8 Å². The second-order valence-electron chi connectivity index (χ2n) is 6.45. The van der Waals surface area contributed by atoms with Crippen molar-refractivity contribution in [1.29, 1.82) is 0 Å². The lowest BCUT2D eigenvalue weighted by Gasteiger charge is -2.12. The first-order valence-corrected chi connectivity index (χ1v) is 8.98. The van der Waals surface area contributed by atoms with Gasteiger partial charge in [0, 0.05) is 11.1 Å². The Morgan fingerprint density at radius 2 is 1.54 bits per heavy atom. The maximum atomic E-state index is 12.2. The van der Waals surface area contributed by atoms with Crippen molar-refractivity contribution in [3.8, 4) is 16.9 Å². The van der Waals surface area contributed by atoms with Gasteiger partial charge >= 0.3 is 0 Å². The van der Waals surface area contributed by atoms with Gasteiger partial charge in [0.1, 0.15) is 5.75 Å². The highest BCUT2D eigenvalue weighted by Gasteiger charge is 2.10. The summed E-state index contributed by atoms with van der Waals surface area (Å²) in [6.07, 6.45) is 0. The highest BCUT2D eigenvalue weighted by atomic mass is 16.5. The van der Waals surface area contributed by atoms with Crippen LogP contribution in [0.4, 0.5) is 0 Å². The van der Waals surface area contributed by atoms with Gasteiger partial charge < -0.3 is 4.74 Å². The molecule has 0 unspecified atom stereocenters. The lowest BCUT2D eigenvalue weighted by molar-refractivity contribution is -0.123. The molecule has 3 aromatic rings. The fourth-order valence-electron chi connectivity index (χ4n) is 2.71. The van der Waals surface area contributed by atoms with E-state index in [1.54, 1.807) is 12.1 Å². The number of ether oxygens (including phenoxy) is 1. The number of hydrogen-bond donors (Lipinski definition) is 2. The molecule has 0 atom stereocenters. The highest BCUT2D eigenvalue weighted by Crippen LogP contribution is 2.29. The van der Waals surface area contributed by atoms with Gasteiger partial charge in [0.05, 0.1) is 0 Å². The maximum absolute atomic E-state index is 12.2. The van der Waals surface area contributed by atoms with E-state index in [1.807, 2.05) is 74.5 Å². The van der Waals surface area contributed by atoms with Gasteiger partial charge in [0.2, 0.25) is 0 Å². The molecule has 2 N–H and O–H groups in total. The Morgan fingerprint density at radius 3 is 2.29 bits per heavy atom. The number of nitrogens with one attached hydrogen (secondary N) is 2. The molecule has 28 heavy (non-hydrogen) atoms. The monoisotopic (exact) mass is 374 g/mol. The topological polar surface area (TPSA) is 67.4 Å². The summed E-state index contributed by atoms with van der Waals surface area (Å²) >= 11 is 0.